The molecule has 0 amide bonds. The monoisotopic (exact) mass is 310 g/mol. The number of benzene rings is 4. The normalized spacial score (nSPS) is 9.96. The second-order valence-corrected chi connectivity index (χ2v) is 5.63. The third-order valence-electron chi connectivity index (χ3n) is 3.85. The molecule has 4 aromatic carbocycles. The van der Waals surface area contributed by atoms with Gasteiger partial charge in [-0.15, -0.1) is 0 Å². The molecule has 0 bridgehead atoms. The number of fused-ring (bicyclic) bond motifs is 2. The summed E-state index contributed by atoms with van der Waals surface area (Å²) in [5.41, 5.74) is 7.67. The maximum Gasteiger partial charge on any atom is 0.0669 e. The van der Waals surface area contributed by atoms with Crippen molar-refractivity contribution >= 4 is 27.2 Å². The van der Waals surface area contributed by atoms with Crippen molar-refractivity contribution in [2.75, 3.05) is 5.73 Å². The van der Waals surface area contributed by atoms with Crippen molar-refractivity contribution in [3.05, 3.63) is 90.5 Å². The topological polar surface area (TPSA) is 49.8 Å². The Kier molecular flexibility index (Phi) is 4.74. The molecular formula is C22H18N2. The first-order valence-corrected chi connectivity index (χ1v) is 7.85. The number of hydrogen-bond acceptors (Lipinski definition) is 2. The number of hydrogen-bond donors (Lipinski definition) is 1. The van der Waals surface area contributed by atoms with E-state index in [9.17, 15) is 0 Å². The van der Waals surface area contributed by atoms with Gasteiger partial charge < -0.3 is 5.73 Å². The maximum absolute atomic E-state index is 8.27. The van der Waals surface area contributed by atoms with Crippen molar-refractivity contribution in [1.29, 1.82) is 5.26 Å². The molecule has 0 heterocycles. The van der Waals surface area contributed by atoms with Crippen molar-refractivity contribution in [3.63, 3.8) is 0 Å². The molecule has 0 saturated heterocycles. The van der Waals surface area contributed by atoms with Gasteiger partial charge in [0.2, 0.25) is 0 Å². The van der Waals surface area contributed by atoms with E-state index in [0.29, 0.717) is 6.42 Å². The Morgan fingerprint density at radius 1 is 0.667 bits per heavy atom. The van der Waals surface area contributed by atoms with Gasteiger partial charge in [-0.1, -0.05) is 60.7 Å². The van der Waals surface area contributed by atoms with Gasteiger partial charge in [-0.2, -0.15) is 5.26 Å². The first-order valence-electron chi connectivity index (χ1n) is 7.85. The van der Waals surface area contributed by atoms with E-state index in [1.807, 2.05) is 42.5 Å². The van der Waals surface area contributed by atoms with Crippen LogP contribution >= 0.6 is 0 Å². The summed E-state index contributed by atoms with van der Waals surface area (Å²) in [5, 5.41) is 13.2. The van der Waals surface area contributed by atoms with Gasteiger partial charge in [0.25, 0.3) is 0 Å². The summed E-state index contributed by atoms with van der Waals surface area (Å²) in [5.74, 6) is 0. The Balaban J connectivity index is 0.000000162. The van der Waals surface area contributed by atoms with E-state index in [-0.39, 0.29) is 0 Å². The van der Waals surface area contributed by atoms with Crippen LogP contribution in [0.2, 0.25) is 0 Å². The molecule has 0 radical (unpaired) electrons. The summed E-state index contributed by atoms with van der Waals surface area (Å²) in [6.07, 6.45) is 0.515. The summed E-state index contributed by atoms with van der Waals surface area (Å²) in [7, 11) is 0. The fourth-order valence-electron chi connectivity index (χ4n) is 2.65. The van der Waals surface area contributed by atoms with Gasteiger partial charge in [0.05, 0.1) is 12.5 Å². The predicted octanol–water partition coefficient (Wildman–Crippen LogP) is 5.33. The molecule has 2 heteroatoms. The molecule has 0 atom stereocenters. The SMILES string of the molecule is N#CCc1ccccc1.Nc1ccc2cc3ccccc3cc2c1. The molecule has 0 aliphatic rings. The first-order chi connectivity index (χ1) is 11.8. The number of nitriles is 1. The molecule has 0 aliphatic heterocycles. The Labute approximate surface area is 141 Å². The minimum Gasteiger partial charge on any atom is -0.399 e. The molecule has 4 aromatic rings. The Bertz CT molecular complexity index is 998. The lowest BCUT2D eigenvalue weighted by Crippen LogP contribution is -1.83. The number of nitrogens with two attached hydrogens (primary N) is 1. The molecule has 0 fully saturated rings. The van der Waals surface area contributed by atoms with Crippen molar-refractivity contribution in [3.8, 4) is 6.07 Å². The molecule has 24 heavy (non-hydrogen) atoms. The Morgan fingerprint density at radius 3 is 1.92 bits per heavy atom. The lowest BCUT2D eigenvalue weighted by Gasteiger charge is -2.02. The fraction of sp³-hybridized carbons (Fsp3) is 0.0455. The predicted molar refractivity (Wildman–Crippen MR) is 102 cm³/mol. The molecule has 0 saturated carbocycles. The van der Waals surface area contributed by atoms with Crippen molar-refractivity contribution in [2.45, 2.75) is 6.42 Å². The van der Waals surface area contributed by atoms with Gasteiger partial charge in [0.1, 0.15) is 0 Å². The molecule has 0 aliphatic carbocycles. The molecule has 0 unspecified atom stereocenters. The van der Waals surface area contributed by atoms with Gasteiger partial charge in [-0.3, -0.25) is 0 Å². The van der Waals surface area contributed by atoms with Gasteiger partial charge >= 0.3 is 0 Å². The van der Waals surface area contributed by atoms with Crippen LogP contribution in [0.5, 0.6) is 0 Å². The summed E-state index contributed by atoms with van der Waals surface area (Å²) in [4.78, 5) is 0. The van der Waals surface area contributed by atoms with Crippen molar-refractivity contribution < 1.29 is 0 Å². The van der Waals surface area contributed by atoms with Crippen LogP contribution < -0.4 is 5.73 Å². The van der Waals surface area contributed by atoms with E-state index in [4.69, 9.17) is 11.0 Å². The summed E-state index contributed by atoms with van der Waals surface area (Å²) in [6.45, 7) is 0. The third kappa shape index (κ3) is 3.71. The van der Waals surface area contributed by atoms with Gasteiger partial charge in [0, 0.05) is 5.69 Å². The van der Waals surface area contributed by atoms with Gasteiger partial charge in [0.15, 0.2) is 0 Å². The zero-order valence-electron chi connectivity index (χ0n) is 13.3. The van der Waals surface area contributed by atoms with E-state index in [2.05, 4.69) is 48.5 Å². The lowest BCUT2D eigenvalue weighted by atomic mass is 10.0. The van der Waals surface area contributed by atoms with Crippen LogP contribution in [0.15, 0.2) is 84.9 Å². The highest BCUT2D eigenvalue weighted by molar-refractivity contribution is 5.99. The van der Waals surface area contributed by atoms with E-state index in [1.165, 1.54) is 21.5 Å². The fourth-order valence-corrected chi connectivity index (χ4v) is 2.65. The van der Waals surface area contributed by atoms with Gasteiger partial charge in [-0.25, -0.2) is 0 Å². The summed E-state index contributed by atoms with van der Waals surface area (Å²) < 4.78 is 0. The van der Waals surface area contributed by atoms with Crippen LogP contribution in [0.4, 0.5) is 5.69 Å². The summed E-state index contributed by atoms with van der Waals surface area (Å²) in [6, 6.07) is 30.6. The second-order valence-electron chi connectivity index (χ2n) is 5.63. The van der Waals surface area contributed by atoms with Crippen LogP contribution in [0.25, 0.3) is 21.5 Å². The molecule has 2 N–H and O–H groups in total. The first kappa shape index (κ1) is 15.6. The number of nitrogen functional groups attached to an aromatic ring is 1. The van der Waals surface area contributed by atoms with E-state index in [0.717, 1.165) is 11.3 Å². The molecule has 0 spiro atoms. The Hall–Kier alpha value is -3.31. The highest BCUT2D eigenvalue weighted by Gasteiger charge is 1.97. The smallest absolute Gasteiger partial charge is 0.0669 e. The van der Waals surface area contributed by atoms with Crippen LogP contribution in [0.3, 0.4) is 0 Å². The largest absolute Gasteiger partial charge is 0.399 e. The minimum absolute atomic E-state index is 0.515. The van der Waals surface area contributed by atoms with Crippen molar-refractivity contribution in [1.82, 2.24) is 0 Å². The van der Waals surface area contributed by atoms with Crippen molar-refractivity contribution in [2.24, 2.45) is 0 Å². The van der Waals surface area contributed by atoms with Crippen LogP contribution in [-0.2, 0) is 6.42 Å². The summed E-state index contributed by atoms with van der Waals surface area (Å²) >= 11 is 0. The van der Waals surface area contributed by atoms with Gasteiger partial charge in [-0.05, 0) is 51.4 Å². The molecule has 116 valence electrons. The van der Waals surface area contributed by atoms with Crippen LogP contribution in [0.1, 0.15) is 5.56 Å². The number of anilines is 1. The van der Waals surface area contributed by atoms with E-state index >= 15 is 0 Å². The zero-order chi connectivity index (χ0) is 16.8. The molecule has 4 rings (SSSR count). The highest BCUT2D eigenvalue weighted by atomic mass is 14.5. The van der Waals surface area contributed by atoms with Crippen LogP contribution in [0, 0.1) is 11.3 Å². The second kappa shape index (κ2) is 7.30. The Morgan fingerprint density at radius 2 is 1.25 bits per heavy atom. The number of nitrogens with zero attached hydrogens (tertiary/aromatic N) is 1. The van der Waals surface area contributed by atoms with E-state index in [1.54, 1.807) is 0 Å². The van der Waals surface area contributed by atoms with Crippen LogP contribution in [-0.4, -0.2) is 0 Å². The highest BCUT2D eigenvalue weighted by Crippen LogP contribution is 2.24. The quantitative estimate of drug-likeness (QED) is 0.381. The molecule has 0 aromatic heterocycles. The molecule has 2 nitrogen and oxygen atoms in total. The zero-order valence-corrected chi connectivity index (χ0v) is 13.3. The maximum atomic E-state index is 8.27. The average Bonchev–Trinajstić information content (AvgIpc) is 2.62. The number of rotatable bonds is 1. The lowest BCUT2D eigenvalue weighted by molar-refractivity contribution is 1.26. The third-order valence-corrected chi connectivity index (χ3v) is 3.85. The minimum atomic E-state index is 0.515. The average molecular weight is 310 g/mol. The van der Waals surface area contributed by atoms with E-state index < -0.39 is 0 Å². The standard InChI is InChI=1S/C14H11N.C8H7N/c15-14-6-5-12-7-10-3-1-2-4-11(10)8-13(12)9-14;9-7-6-8-4-2-1-3-5-8/h1-9H,15H2;1-5H,6H2. The molecular weight excluding hydrogens is 292 g/mol.